The summed E-state index contributed by atoms with van der Waals surface area (Å²) in [7, 11) is 0. The summed E-state index contributed by atoms with van der Waals surface area (Å²) in [5.41, 5.74) is 5.00. The molecule has 2 heterocycles. The number of rotatable bonds is 25. The summed E-state index contributed by atoms with van der Waals surface area (Å²) in [5.74, 6) is -2.09. The summed E-state index contributed by atoms with van der Waals surface area (Å²) < 4.78 is 74.7. The summed E-state index contributed by atoms with van der Waals surface area (Å²) in [6.07, 6.45) is -12.5. The standard InChI is InChI=1S/C68H64O14/c69-64(53-35-19-6-20-36-53)76-47-57-58(73-42-49-27-11-2-12-28-49)60(74-43-50-29-13-3-14-30-50)62(75-44-51-31-15-4-16-32-51)68(79-57)82-59-56(46-72-41-48-25-9-1-10-26-48)78-67(77-45-52-33-17-5-18-34-52)63(81-66(71)55-39-23-8-24-40-55)61(59)80-65(70)54-37-21-7-22-38-54/h1-40,56-63,67-68H,41-47H2/t56-,57-,58-,59-,60+,61+,62+,63-,67+,68-/m1/s1. The van der Waals surface area contributed by atoms with Crippen LogP contribution in [0.1, 0.15) is 58.9 Å². The van der Waals surface area contributed by atoms with Crippen molar-refractivity contribution in [3.63, 3.8) is 0 Å². The zero-order valence-corrected chi connectivity index (χ0v) is 45.0. The summed E-state index contributed by atoms with van der Waals surface area (Å²) in [4.78, 5) is 43.0. The zero-order valence-electron chi connectivity index (χ0n) is 45.0. The highest BCUT2D eigenvalue weighted by Crippen LogP contribution is 2.37. The third-order valence-electron chi connectivity index (χ3n) is 13.9. The number of hydrogen-bond acceptors (Lipinski definition) is 14. The van der Waals surface area contributed by atoms with Gasteiger partial charge in [0.05, 0.1) is 56.3 Å². The number of hydrogen-bond donors (Lipinski definition) is 0. The monoisotopic (exact) mass is 1100 g/mol. The molecule has 2 saturated heterocycles. The highest BCUT2D eigenvalue weighted by atomic mass is 16.8. The Hall–Kier alpha value is -8.15. The van der Waals surface area contributed by atoms with Crippen molar-refractivity contribution in [1.82, 2.24) is 0 Å². The van der Waals surface area contributed by atoms with E-state index < -0.39 is 79.3 Å². The highest BCUT2D eigenvalue weighted by Gasteiger charge is 2.56. The molecule has 420 valence electrons. The first-order valence-electron chi connectivity index (χ1n) is 27.4. The molecular formula is C68H64O14. The molecule has 0 N–H and O–H groups in total. The Morgan fingerprint density at radius 1 is 0.305 bits per heavy atom. The molecule has 0 aliphatic carbocycles. The van der Waals surface area contributed by atoms with Crippen molar-refractivity contribution in [2.75, 3.05) is 13.2 Å². The Morgan fingerprint density at radius 2 is 0.646 bits per heavy atom. The van der Waals surface area contributed by atoms with Crippen molar-refractivity contribution in [3.8, 4) is 0 Å². The fraction of sp³-hybridized carbons (Fsp3) is 0.250. The van der Waals surface area contributed by atoms with Crippen molar-refractivity contribution >= 4 is 17.9 Å². The number of benzene rings is 8. The fourth-order valence-corrected chi connectivity index (χ4v) is 9.68. The molecule has 2 aliphatic rings. The van der Waals surface area contributed by atoms with Crippen molar-refractivity contribution in [2.24, 2.45) is 0 Å². The average Bonchev–Trinajstić information content (AvgIpc) is 3.64. The van der Waals surface area contributed by atoms with Gasteiger partial charge in [-0.1, -0.05) is 206 Å². The molecule has 0 unspecified atom stereocenters. The van der Waals surface area contributed by atoms with Gasteiger partial charge in [-0.2, -0.15) is 0 Å². The third-order valence-corrected chi connectivity index (χ3v) is 13.9. The minimum atomic E-state index is -1.50. The maximum Gasteiger partial charge on any atom is 0.338 e. The van der Waals surface area contributed by atoms with Gasteiger partial charge in [-0.15, -0.1) is 0 Å². The molecule has 0 amide bonds. The van der Waals surface area contributed by atoms with E-state index >= 15 is 0 Å². The molecule has 0 saturated carbocycles. The van der Waals surface area contributed by atoms with Crippen LogP contribution in [0, 0.1) is 0 Å². The van der Waals surface area contributed by atoms with Crippen molar-refractivity contribution < 1.29 is 66.5 Å². The highest BCUT2D eigenvalue weighted by molar-refractivity contribution is 5.90. The molecule has 10 atom stereocenters. The van der Waals surface area contributed by atoms with Gasteiger partial charge in [-0.25, -0.2) is 14.4 Å². The predicted molar refractivity (Wildman–Crippen MR) is 303 cm³/mol. The molecular weight excluding hydrogens is 1040 g/mol. The van der Waals surface area contributed by atoms with Crippen molar-refractivity contribution in [3.05, 3.63) is 287 Å². The molecule has 8 aromatic carbocycles. The largest absolute Gasteiger partial charge is 0.459 e. The summed E-state index contributed by atoms with van der Waals surface area (Å²) in [6, 6.07) is 73.5. The van der Waals surface area contributed by atoms with E-state index in [1.807, 2.05) is 158 Å². The van der Waals surface area contributed by atoms with Crippen LogP contribution in [0.4, 0.5) is 0 Å². The topological polar surface area (TPSA) is 153 Å². The minimum Gasteiger partial charge on any atom is -0.459 e. The lowest BCUT2D eigenvalue weighted by molar-refractivity contribution is -0.370. The normalized spacial score (nSPS) is 22.3. The second-order valence-electron chi connectivity index (χ2n) is 19.7. The third kappa shape index (κ3) is 15.8. The molecule has 0 bridgehead atoms. The number of carbonyl (C=O) groups is 3. The molecule has 0 spiro atoms. The van der Waals surface area contributed by atoms with Gasteiger partial charge in [0.25, 0.3) is 0 Å². The SMILES string of the molecule is O=C(OC[C@H]1O[C@H](O[C@H]2[C@H](OC(=O)c3ccccc3)[C@@H](OC(=O)c3ccccc3)[C@@H](OCc3ccccc3)O[C@@H]2COCc2ccccc2)[C@@H](OCc2ccccc2)[C@@H](OCc2ccccc2)[C@@H]1OCc1ccccc1)c1ccccc1. The Bertz CT molecular complexity index is 3160. The molecule has 0 radical (unpaired) electrons. The van der Waals surface area contributed by atoms with Crippen LogP contribution in [0.5, 0.6) is 0 Å². The molecule has 8 aromatic rings. The van der Waals surface area contributed by atoms with Crippen LogP contribution in [0.15, 0.2) is 243 Å². The maximum atomic E-state index is 14.7. The van der Waals surface area contributed by atoms with Gasteiger partial charge in [-0.3, -0.25) is 0 Å². The van der Waals surface area contributed by atoms with Crippen molar-refractivity contribution in [1.29, 1.82) is 0 Å². The van der Waals surface area contributed by atoms with Gasteiger partial charge in [-0.05, 0) is 64.2 Å². The van der Waals surface area contributed by atoms with Gasteiger partial charge in [0.15, 0.2) is 24.8 Å². The Labute approximate surface area is 477 Å². The van der Waals surface area contributed by atoms with Crippen LogP contribution in [0.2, 0.25) is 0 Å². The van der Waals surface area contributed by atoms with Gasteiger partial charge in [0.2, 0.25) is 0 Å². The van der Waals surface area contributed by atoms with Gasteiger partial charge in [0.1, 0.15) is 43.2 Å². The molecule has 2 aliphatic heterocycles. The van der Waals surface area contributed by atoms with E-state index in [1.165, 1.54) is 0 Å². The lowest BCUT2D eigenvalue weighted by Gasteiger charge is -2.49. The first-order valence-corrected chi connectivity index (χ1v) is 27.4. The number of esters is 3. The first-order chi connectivity index (χ1) is 40.4. The second-order valence-corrected chi connectivity index (χ2v) is 19.7. The second kappa shape index (κ2) is 29.5. The van der Waals surface area contributed by atoms with Crippen LogP contribution < -0.4 is 0 Å². The fourth-order valence-electron chi connectivity index (χ4n) is 9.68. The summed E-state index contributed by atoms with van der Waals surface area (Å²) >= 11 is 0. The first kappa shape index (κ1) is 57.1. The number of carbonyl (C=O) groups excluding carboxylic acids is 3. The maximum absolute atomic E-state index is 14.7. The predicted octanol–water partition coefficient (Wildman–Crippen LogP) is 11.3. The van der Waals surface area contributed by atoms with Gasteiger partial charge in [0, 0.05) is 0 Å². The van der Waals surface area contributed by atoms with Gasteiger partial charge < -0.3 is 52.1 Å². The molecule has 10 rings (SSSR count). The van der Waals surface area contributed by atoms with E-state index in [0.29, 0.717) is 5.56 Å². The Morgan fingerprint density at radius 3 is 1.10 bits per heavy atom. The molecule has 2 fully saturated rings. The smallest absolute Gasteiger partial charge is 0.338 e. The van der Waals surface area contributed by atoms with E-state index in [0.717, 1.165) is 27.8 Å². The van der Waals surface area contributed by atoms with E-state index in [2.05, 4.69) is 0 Å². The quantitative estimate of drug-likeness (QED) is 0.0394. The molecule has 82 heavy (non-hydrogen) atoms. The minimum absolute atomic E-state index is 0.0166. The lowest BCUT2D eigenvalue weighted by Crippen LogP contribution is -2.67. The van der Waals surface area contributed by atoms with E-state index in [-0.39, 0.29) is 57.4 Å². The van der Waals surface area contributed by atoms with Gasteiger partial charge >= 0.3 is 17.9 Å². The van der Waals surface area contributed by atoms with E-state index in [1.54, 1.807) is 84.9 Å². The van der Waals surface area contributed by atoms with E-state index in [4.69, 9.17) is 52.1 Å². The molecule has 14 heteroatoms. The summed E-state index contributed by atoms with van der Waals surface area (Å²) in [5, 5.41) is 0. The van der Waals surface area contributed by atoms with Crippen LogP contribution in [-0.2, 0) is 85.1 Å². The van der Waals surface area contributed by atoms with Crippen LogP contribution in [0.3, 0.4) is 0 Å². The molecule has 0 aromatic heterocycles. The number of ether oxygens (including phenoxy) is 11. The zero-order chi connectivity index (χ0) is 56.1. The van der Waals surface area contributed by atoms with Crippen LogP contribution >= 0.6 is 0 Å². The van der Waals surface area contributed by atoms with Crippen LogP contribution in [-0.4, -0.2) is 92.5 Å². The van der Waals surface area contributed by atoms with Crippen LogP contribution in [0.25, 0.3) is 0 Å². The van der Waals surface area contributed by atoms with Crippen molar-refractivity contribution in [2.45, 2.75) is 94.4 Å². The average molecular weight is 1110 g/mol. The Kier molecular flexibility index (Phi) is 20.6. The molecule has 14 nitrogen and oxygen atoms in total. The summed E-state index contributed by atoms with van der Waals surface area (Å²) in [6.45, 7) is -0.0201. The lowest BCUT2D eigenvalue weighted by atomic mass is 9.95. The Balaban J connectivity index is 1.09. The van der Waals surface area contributed by atoms with E-state index in [9.17, 15) is 14.4 Å².